The van der Waals surface area contributed by atoms with Crippen molar-refractivity contribution in [2.75, 3.05) is 26.7 Å². The third kappa shape index (κ3) is 4.05. The molecule has 2 heterocycles. The Morgan fingerprint density at radius 1 is 1.11 bits per heavy atom. The first-order chi connectivity index (χ1) is 13.5. The van der Waals surface area contributed by atoms with Gasteiger partial charge in [0.15, 0.2) is 5.75 Å². The fourth-order valence-corrected chi connectivity index (χ4v) is 4.40. The zero-order valence-corrected chi connectivity index (χ0v) is 15.8. The molecule has 2 aliphatic rings. The Kier molecular flexibility index (Phi) is 5.37. The van der Waals surface area contributed by atoms with Crippen LogP contribution in [0.4, 0.5) is 4.39 Å². The number of benzene rings is 1. The maximum atomic E-state index is 13.4. The Morgan fingerprint density at radius 3 is 2.36 bits per heavy atom. The molecule has 4 atom stereocenters. The minimum atomic E-state index is -0.951. The van der Waals surface area contributed by atoms with Crippen LogP contribution in [0, 0.1) is 17.8 Å². The molecule has 1 aliphatic carbocycles. The van der Waals surface area contributed by atoms with Gasteiger partial charge < -0.3 is 19.7 Å². The van der Waals surface area contributed by atoms with E-state index in [1.807, 2.05) is 24.3 Å². The first-order valence-electron chi connectivity index (χ1n) is 9.58. The molecule has 2 unspecified atom stereocenters. The highest BCUT2D eigenvalue weighted by atomic mass is 19.1. The molecule has 2 fully saturated rings. The normalized spacial score (nSPS) is 25.5. The maximum absolute atomic E-state index is 13.4. The number of halogens is 1. The van der Waals surface area contributed by atoms with Gasteiger partial charge in [0.1, 0.15) is 17.6 Å². The van der Waals surface area contributed by atoms with Crippen LogP contribution in [0.2, 0.25) is 0 Å². The van der Waals surface area contributed by atoms with Crippen LogP contribution in [0.5, 0.6) is 17.2 Å². The highest BCUT2D eigenvalue weighted by Crippen LogP contribution is 2.40. The van der Waals surface area contributed by atoms with Crippen molar-refractivity contribution in [3.8, 4) is 17.2 Å². The third-order valence-electron chi connectivity index (χ3n) is 5.77. The van der Waals surface area contributed by atoms with Crippen LogP contribution in [0.3, 0.4) is 0 Å². The number of aliphatic hydroxyl groups is 1. The fraction of sp³-hybridized carbons (Fsp3) is 0.476. The van der Waals surface area contributed by atoms with Gasteiger partial charge in [0, 0.05) is 19.6 Å². The average molecular weight is 388 g/mol. The number of pyridine rings is 1. The van der Waals surface area contributed by atoms with E-state index in [1.54, 1.807) is 7.11 Å². The Balaban J connectivity index is 1.28. The Hall–Kier alpha value is -2.38. The van der Waals surface area contributed by atoms with E-state index in [1.165, 1.54) is 12.1 Å². The van der Waals surface area contributed by atoms with E-state index in [-0.39, 0.29) is 11.8 Å². The molecule has 28 heavy (non-hydrogen) atoms. The van der Waals surface area contributed by atoms with Crippen molar-refractivity contribution >= 4 is 0 Å². The van der Waals surface area contributed by atoms with Crippen LogP contribution in [-0.2, 0) is 0 Å². The van der Waals surface area contributed by atoms with E-state index >= 15 is 0 Å². The lowest BCUT2D eigenvalue weighted by Gasteiger charge is -2.22. The van der Waals surface area contributed by atoms with E-state index in [2.05, 4.69) is 9.88 Å². The molecule has 6 nitrogen and oxygen atoms in total. The van der Waals surface area contributed by atoms with Gasteiger partial charge in [0.25, 0.3) is 5.95 Å². The van der Waals surface area contributed by atoms with Crippen LogP contribution in [0.1, 0.15) is 24.6 Å². The number of fused-ring (bicyclic) bond motifs is 1. The summed E-state index contributed by atoms with van der Waals surface area (Å²) in [6, 6.07) is 10.3. The summed E-state index contributed by atoms with van der Waals surface area (Å²) in [4.78, 5) is 5.84. The van der Waals surface area contributed by atoms with Crippen molar-refractivity contribution in [2.24, 2.45) is 11.8 Å². The van der Waals surface area contributed by atoms with Gasteiger partial charge in [-0.2, -0.15) is 4.39 Å². The Bertz CT molecular complexity index is 803. The molecule has 0 amide bonds. The highest BCUT2D eigenvalue weighted by Gasteiger charge is 2.42. The molecular weight excluding hydrogens is 363 g/mol. The molecule has 1 saturated carbocycles. The quantitative estimate of drug-likeness (QED) is 0.742. The molecule has 2 aromatic rings. The summed E-state index contributed by atoms with van der Waals surface area (Å²) in [6.07, 6.45) is 1.33. The van der Waals surface area contributed by atoms with Crippen LogP contribution < -0.4 is 9.47 Å². The number of aromatic hydroxyl groups is 1. The number of methoxy groups -OCH3 is 1. The van der Waals surface area contributed by atoms with Gasteiger partial charge in [0.05, 0.1) is 18.9 Å². The molecule has 1 aromatic heterocycles. The summed E-state index contributed by atoms with van der Waals surface area (Å²) in [5.41, 5.74) is 0.244. The molecular formula is C21H25FN2O4. The number of rotatable bonds is 6. The van der Waals surface area contributed by atoms with Gasteiger partial charge in [-0.15, -0.1) is 0 Å². The first kappa shape index (κ1) is 19.0. The lowest BCUT2D eigenvalue weighted by Crippen LogP contribution is -2.29. The second kappa shape index (κ2) is 7.93. The third-order valence-corrected chi connectivity index (χ3v) is 5.77. The van der Waals surface area contributed by atoms with Crippen LogP contribution in [0.15, 0.2) is 36.4 Å². The van der Waals surface area contributed by atoms with E-state index in [9.17, 15) is 14.6 Å². The van der Waals surface area contributed by atoms with Gasteiger partial charge in [-0.25, -0.2) is 4.98 Å². The van der Waals surface area contributed by atoms with Crippen molar-refractivity contribution in [3.05, 3.63) is 48.0 Å². The number of aliphatic hydroxyl groups excluding tert-OH is 1. The van der Waals surface area contributed by atoms with Crippen LogP contribution >= 0.6 is 0 Å². The highest BCUT2D eigenvalue weighted by molar-refractivity contribution is 5.31. The van der Waals surface area contributed by atoms with Crippen molar-refractivity contribution < 1.29 is 24.1 Å². The largest absolute Gasteiger partial charge is 0.504 e. The Labute approximate surface area is 163 Å². The second-order valence-corrected chi connectivity index (χ2v) is 7.69. The van der Waals surface area contributed by atoms with Crippen molar-refractivity contribution in [3.63, 3.8) is 0 Å². The summed E-state index contributed by atoms with van der Waals surface area (Å²) in [5.74, 6) is 1.30. The first-order valence-corrected chi connectivity index (χ1v) is 9.58. The molecule has 150 valence electrons. The number of likely N-dealkylation sites (tertiary alicyclic amines) is 1. The molecule has 1 saturated heterocycles. The number of hydrogen-bond acceptors (Lipinski definition) is 6. The van der Waals surface area contributed by atoms with Gasteiger partial charge in [-0.1, -0.05) is 0 Å². The van der Waals surface area contributed by atoms with Crippen molar-refractivity contribution in [2.45, 2.75) is 25.0 Å². The Morgan fingerprint density at radius 2 is 1.75 bits per heavy atom. The topological polar surface area (TPSA) is 75.1 Å². The van der Waals surface area contributed by atoms with Gasteiger partial charge >= 0.3 is 0 Å². The van der Waals surface area contributed by atoms with Crippen molar-refractivity contribution in [1.82, 2.24) is 9.88 Å². The molecule has 0 spiro atoms. The SMILES string of the molecule is COc1ccc(OC2C[C@@H]3CN(CC(O)c4ccc(O)c(F)n4)C[C@@H]3C2)cc1. The maximum Gasteiger partial charge on any atom is 0.255 e. The average Bonchev–Trinajstić information content (AvgIpc) is 3.22. The molecule has 1 aromatic carbocycles. The van der Waals surface area contributed by atoms with E-state index in [4.69, 9.17) is 9.47 Å². The smallest absolute Gasteiger partial charge is 0.255 e. The molecule has 0 radical (unpaired) electrons. The van der Waals surface area contributed by atoms with Crippen molar-refractivity contribution in [1.29, 1.82) is 0 Å². The zero-order chi connectivity index (χ0) is 19.7. The number of aromatic nitrogens is 1. The molecule has 4 rings (SSSR count). The summed E-state index contributed by atoms with van der Waals surface area (Å²) >= 11 is 0. The fourth-order valence-electron chi connectivity index (χ4n) is 4.40. The minimum Gasteiger partial charge on any atom is -0.504 e. The van der Waals surface area contributed by atoms with Gasteiger partial charge in [0.2, 0.25) is 0 Å². The van der Waals surface area contributed by atoms with E-state index in [0.717, 1.165) is 37.4 Å². The van der Waals surface area contributed by atoms with Gasteiger partial charge in [-0.05, 0) is 61.1 Å². The number of nitrogens with zero attached hydrogens (tertiary/aromatic N) is 2. The molecule has 2 N–H and O–H groups in total. The van der Waals surface area contributed by atoms with Crippen LogP contribution in [-0.4, -0.2) is 52.9 Å². The molecule has 1 aliphatic heterocycles. The number of hydrogen-bond donors (Lipinski definition) is 2. The monoisotopic (exact) mass is 388 g/mol. The number of β-amino-alcohol motifs (C(OH)–C–C–N with tert-alkyl or cyclic N) is 1. The summed E-state index contributed by atoms with van der Waals surface area (Å²) in [5, 5.41) is 19.6. The lowest BCUT2D eigenvalue weighted by molar-refractivity contribution is 0.112. The summed E-state index contributed by atoms with van der Waals surface area (Å²) in [6.45, 7) is 2.20. The molecule has 0 bridgehead atoms. The molecule has 7 heteroatoms. The zero-order valence-electron chi connectivity index (χ0n) is 15.8. The second-order valence-electron chi connectivity index (χ2n) is 7.69. The lowest BCUT2D eigenvalue weighted by atomic mass is 10.0. The predicted molar refractivity (Wildman–Crippen MR) is 101 cm³/mol. The standard InChI is InChI=1S/C21H25FN2O4/c1-27-15-2-4-16(5-3-15)28-17-8-13-10-24(11-14(13)9-17)12-20(26)18-6-7-19(25)21(22)23-18/h2-7,13-14,17,20,25-26H,8-12H2,1H3/t13-,14+,17?,20?. The minimum absolute atomic E-state index is 0.211. The summed E-state index contributed by atoms with van der Waals surface area (Å²) < 4.78 is 24.7. The predicted octanol–water partition coefficient (Wildman–Crippen LogP) is 2.76. The summed E-state index contributed by atoms with van der Waals surface area (Å²) in [7, 11) is 1.64. The number of ether oxygens (including phenoxy) is 2. The van der Waals surface area contributed by atoms with E-state index < -0.39 is 17.8 Å². The van der Waals surface area contributed by atoms with Gasteiger partial charge in [-0.3, -0.25) is 4.90 Å². The van der Waals surface area contributed by atoms with E-state index in [0.29, 0.717) is 18.4 Å². The van der Waals surface area contributed by atoms with Crippen LogP contribution in [0.25, 0.3) is 0 Å².